The Morgan fingerprint density at radius 1 is 1.05 bits per heavy atom. The first-order valence-corrected chi connectivity index (χ1v) is 8.52. The fourth-order valence-corrected chi connectivity index (χ4v) is 2.27. The summed E-state index contributed by atoms with van der Waals surface area (Å²) in [6.07, 6.45) is 1.54. The van der Waals surface area contributed by atoms with Crippen molar-refractivity contribution in [2.45, 2.75) is 31.5 Å². The van der Waals surface area contributed by atoms with Crippen molar-refractivity contribution >= 4 is 9.84 Å². The zero-order valence-electron chi connectivity index (χ0n) is 12.2. The molecule has 0 heterocycles. The number of benzene rings is 1. The lowest BCUT2D eigenvalue weighted by Crippen LogP contribution is -2.20. The van der Waals surface area contributed by atoms with E-state index in [1.165, 1.54) is 18.4 Å². The van der Waals surface area contributed by atoms with Gasteiger partial charge in [-0.3, -0.25) is 0 Å². The predicted octanol–water partition coefficient (Wildman–Crippen LogP) is 2.26. The molecule has 0 aromatic heterocycles. The molecule has 0 N–H and O–H groups in total. The van der Waals surface area contributed by atoms with Crippen LogP contribution in [0.15, 0.2) is 29.2 Å². The van der Waals surface area contributed by atoms with E-state index < -0.39 is 9.84 Å². The average molecular weight is 302 g/mol. The molecule has 1 rings (SSSR count). The second kappa shape index (κ2) is 8.24. The van der Waals surface area contributed by atoms with E-state index in [0.29, 0.717) is 32.0 Å². The monoisotopic (exact) mass is 302 g/mol. The molecule has 0 saturated heterocycles. The van der Waals surface area contributed by atoms with Gasteiger partial charge in [-0.1, -0.05) is 0 Å². The van der Waals surface area contributed by atoms with Gasteiger partial charge in [0.05, 0.1) is 11.5 Å². The fraction of sp³-hybridized carbons (Fsp3) is 0.571. The third-order valence-corrected chi connectivity index (χ3v) is 3.71. The van der Waals surface area contributed by atoms with Crippen molar-refractivity contribution in [2.75, 3.05) is 26.1 Å². The van der Waals surface area contributed by atoms with Crippen LogP contribution in [0, 0.1) is 0 Å². The molecule has 20 heavy (non-hydrogen) atoms. The van der Waals surface area contributed by atoms with E-state index in [-0.39, 0.29) is 11.2 Å². The molecule has 0 fully saturated rings. The van der Waals surface area contributed by atoms with Gasteiger partial charge in [-0.15, -0.1) is 0 Å². The molecule has 0 aliphatic carbocycles. The Labute approximate surface area is 120 Å². The first-order chi connectivity index (χ1) is 9.47. The summed E-state index contributed by atoms with van der Waals surface area (Å²) >= 11 is 0. The lowest BCUT2D eigenvalue weighted by Gasteiger charge is -2.17. The number of hydrogen-bond acceptors (Lipinski definition) is 5. The summed E-state index contributed by atoms with van der Waals surface area (Å²) in [5, 5.41) is 0. The van der Waals surface area contributed by atoms with Gasteiger partial charge in [0.1, 0.15) is 5.75 Å². The smallest absolute Gasteiger partial charge is 0.175 e. The van der Waals surface area contributed by atoms with Crippen LogP contribution in [0.3, 0.4) is 0 Å². The fourth-order valence-electron chi connectivity index (χ4n) is 1.64. The molecule has 0 aliphatic rings. The van der Waals surface area contributed by atoms with Gasteiger partial charge in [0.2, 0.25) is 0 Å². The molecular formula is C14H22O5S. The molecule has 1 aromatic carbocycles. The lowest BCUT2D eigenvalue weighted by molar-refractivity contribution is -0.142. The van der Waals surface area contributed by atoms with Crippen molar-refractivity contribution in [1.29, 1.82) is 0 Å². The minimum Gasteiger partial charge on any atom is -0.493 e. The second-order valence-electron chi connectivity index (χ2n) is 4.22. The Balaban J connectivity index is 2.45. The summed E-state index contributed by atoms with van der Waals surface area (Å²) in [7, 11) is -3.16. The molecule has 0 aliphatic heterocycles. The first kappa shape index (κ1) is 16.9. The zero-order chi connectivity index (χ0) is 15.0. The minimum absolute atomic E-state index is 0.264. The Morgan fingerprint density at radius 3 is 2.05 bits per heavy atom. The SMILES string of the molecule is CCOC(CCOc1ccc(S(C)(=O)=O)cc1)OCC. The topological polar surface area (TPSA) is 61.8 Å². The van der Waals surface area contributed by atoms with Gasteiger partial charge in [0, 0.05) is 25.9 Å². The molecule has 1 aromatic rings. The van der Waals surface area contributed by atoms with Crippen molar-refractivity contribution in [2.24, 2.45) is 0 Å². The number of sulfone groups is 1. The zero-order valence-corrected chi connectivity index (χ0v) is 13.0. The number of rotatable bonds is 9. The van der Waals surface area contributed by atoms with E-state index in [1.807, 2.05) is 13.8 Å². The Bertz CT molecular complexity index is 475. The van der Waals surface area contributed by atoms with Gasteiger partial charge in [0.15, 0.2) is 16.1 Å². The lowest BCUT2D eigenvalue weighted by atomic mass is 10.3. The van der Waals surface area contributed by atoms with Gasteiger partial charge in [-0.25, -0.2) is 8.42 Å². The summed E-state index contributed by atoms with van der Waals surface area (Å²) in [6, 6.07) is 6.36. The van der Waals surface area contributed by atoms with Crippen LogP contribution in [0.25, 0.3) is 0 Å². The van der Waals surface area contributed by atoms with Gasteiger partial charge < -0.3 is 14.2 Å². The first-order valence-electron chi connectivity index (χ1n) is 6.63. The summed E-state index contributed by atoms with van der Waals surface area (Å²) in [5.74, 6) is 0.629. The normalized spacial score (nSPS) is 11.8. The molecule has 114 valence electrons. The summed E-state index contributed by atoms with van der Waals surface area (Å²) in [4.78, 5) is 0.284. The highest BCUT2D eigenvalue weighted by Gasteiger charge is 2.09. The van der Waals surface area contributed by atoms with Crippen LogP contribution in [0.2, 0.25) is 0 Å². The molecule has 6 heteroatoms. The molecule has 0 atom stereocenters. The van der Waals surface area contributed by atoms with E-state index in [0.717, 1.165) is 0 Å². The summed E-state index contributed by atoms with van der Waals surface area (Å²) < 4.78 is 39.0. The van der Waals surface area contributed by atoms with Crippen molar-refractivity contribution in [3.8, 4) is 5.75 Å². The quantitative estimate of drug-likeness (QED) is 0.655. The Hall–Kier alpha value is -1.11. The van der Waals surface area contributed by atoms with Crippen molar-refractivity contribution in [1.82, 2.24) is 0 Å². The van der Waals surface area contributed by atoms with Crippen LogP contribution in [0.4, 0.5) is 0 Å². The van der Waals surface area contributed by atoms with Gasteiger partial charge in [-0.2, -0.15) is 0 Å². The van der Waals surface area contributed by atoms with Gasteiger partial charge in [0.25, 0.3) is 0 Å². The minimum atomic E-state index is -3.16. The molecule has 0 radical (unpaired) electrons. The van der Waals surface area contributed by atoms with Crippen LogP contribution < -0.4 is 4.74 Å². The van der Waals surface area contributed by atoms with Crippen LogP contribution in [0.1, 0.15) is 20.3 Å². The maximum atomic E-state index is 11.3. The van der Waals surface area contributed by atoms with Gasteiger partial charge >= 0.3 is 0 Å². The van der Waals surface area contributed by atoms with E-state index in [2.05, 4.69) is 0 Å². The summed E-state index contributed by atoms with van der Waals surface area (Å²) in [5.41, 5.74) is 0. The second-order valence-corrected chi connectivity index (χ2v) is 6.24. The van der Waals surface area contributed by atoms with Crippen molar-refractivity contribution in [3.63, 3.8) is 0 Å². The highest BCUT2D eigenvalue weighted by atomic mass is 32.2. The van der Waals surface area contributed by atoms with E-state index in [4.69, 9.17) is 14.2 Å². The highest BCUT2D eigenvalue weighted by Crippen LogP contribution is 2.16. The van der Waals surface area contributed by atoms with E-state index in [1.54, 1.807) is 12.1 Å². The molecule has 0 spiro atoms. The Morgan fingerprint density at radius 2 is 1.60 bits per heavy atom. The molecular weight excluding hydrogens is 280 g/mol. The number of ether oxygens (including phenoxy) is 3. The predicted molar refractivity (Wildman–Crippen MR) is 76.7 cm³/mol. The molecule has 0 unspecified atom stereocenters. The third-order valence-electron chi connectivity index (χ3n) is 2.58. The van der Waals surface area contributed by atoms with Gasteiger partial charge in [-0.05, 0) is 38.1 Å². The molecule has 0 amide bonds. The van der Waals surface area contributed by atoms with E-state index >= 15 is 0 Å². The standard InChI is InChI=1S/C14H22O5S/c1-4-17-14(18-5-2)10-11-19-12-6-8-13(9-7-12)20(3,15)16/h6-9,14H,4-5,10-11H2,1-3H3. The Kier molecular flexibility index (Phi) is 6.98. The molecule has 5 nitrogen and oxygen atoms in total. The van der Waals surface area contributed by atoms with Crippen LogP contribution in [-0.4, -0.2) is 40.8 Å². The van der Waals surface area contributed by atoms with Crippen molar-refractivity contribution in [3.05, 3.63) is 24.3 Å². The molecule has 0 saturated carbocycles. The largest absolute Gasteiger partial charge is 0.493 e. The average Bonchev–Trinajstić information content (AvgIpc) is 2.39. The summed E-state index contributed by atoms with van der Waals surface area (Å²) in [6.45, 7) is 5.46. The highest BCUT2D eigenvalue weighted by molar-refractivity contribution is 7.90. The maximum absolute atomic E-state index is 11.3. The van der Waals surface area contributed by atoms with Crippen LogP contribution >= 0.6 is 0 Å². The maximum Gasteiger partial charge on any atom is 0.175 e. The van der Waals surface area contributed by atoms with Crippen LogP contribution in [-0.2, 0) is 19.3 Å². The molecule has 0 bridgehead atoms. The number of hydrogen-bond donors (Lipinski definition) is 0. The van der Waals surface area contributed by atoms with Crippen LogP contribution in [0.5, 0.6) is 5.75 Å². The van der Waals surface area contributed by atoms with Crippen molar-refractivity contribution < 1.29 is 22.6 Å². The van der Waals surface area contributed by atoms with E-state index in [9.17, 15) is 8.42 Å². The third kappa shape index (κ3) is 5.90.